The normalized spacial score (nSPS) is 13.2. The van der Waals surface area contributed by atoms with Crippen LogP contribution in [0.2, 0.25) is 0 Å². The molecule has 7 heteroatoms. The Labute approximate surface area is 126 Å². The minimum Gasteiger partial charge on any atom is -0.301 e. The Bertz CT molecular complexity index is 570. The molecule has 1 aromatic rings. The molecule has 3 N–H and O–H groups in total. The van der Waals surface area contributed by atoms with E-state index in [0.717, 1.165) is 11.1 Å². The van der Waals surface area contributed by atoms with E-state index in [9.17, 15) is 13.2 Å². The van der Waals surface area contributed by atoms with Gasteiger partial charge < -0.3 is 4.90 Å². The summed E-state index contributed by atoms with van der Waals surface area (Å²) in [4.78, 5) is 13.4. The Hall–Kier alpha value is -1.44. The summed E-state index contributed by atoms with van der Waals surface area (Å²) >= 11 is 0. The van der Waals surface area contributed by atoms with Gasteiger partial charge in [0.15, 0.2) is 0 Å². The number of hydrazine groups is 1. The Morgan fingerprint density at radius 1 is 1.33 bits per heavy atom. The van der Waals surface area contributed by atoms with Crippen molar-refractivity contribution in [2.45, 2.75) is 19.4 Å². The van der Waals surface area contributed by atoms with Gasteiger partial charge in [0.25, 0.3) is 0 Å². The SMILES string of the molecule is CC(C(=O)NN)c1ccc(CN(C)CCS(C)(=O)=O)cc1. The Kier molecular flexibility index (Phi) is 6.32. The Morgan fingerprint density at radius 3 is 2.38 bits per heavy atom. The highest BCUT2D eigenvalue weighted by Crippen LogP contribution is 2.16. The highest BCUT2D eigenvalue weighted by atomic mass is 32.2. The largest absolute Gasteiger partial charge is 0.301 e. The molecule has 0 aliphatic heterocycles. The highest BCUT2D eigenvalue weighted by molar-refractivity contribution is 7.90. The number of rotatable bonds is 7. The number of nitrogens with two attached hydrogens (primary N) is 1. The maximum Gasteiger partial charge on any atom is 0.241 e. The van der Waals surface area contributed by atoms with E-state index < -0.39 is 9.84 Å². The zero-order chi connectivity index (χ0) is 16.0. The van der Waals surface area contributed by atoms with E-state index >= 15 is 0 Å². The predicted molar refractivity (Wildman–Crippen MR) is 83.2 cm³/mol. The minimum absolute atomic E-state index is 0.148. The molecule has 1 rings (SSSR count). The molecule has 0 spiro atoms. The third-order valence-corrected chi connectivity index (χ3v) is 4.24. The average molecular weight is 313 g/mol. The molecule has 0 fully saturated rings. The van der Waals surface area contributed by atoms with Crippen molar-refractivity contribution in [3.63, 3.8) is 0 Å². The smallest absolute Gasteiger partial charge is 0.241 e. The molecule has 1 unspecified atom stereocenters. The van der Waals surface area contributed by atoms with Gasteiger partial charge in [0.2, 0.25) is 5.91 Å². The average Bonchev–Trinajstić information content (AvgIpc) is 2.43. The molecule has 6 nitrogen and oxygen atoms in total. The highest BCUT2D eigenvalue weighted by Gasteiger charge is 2.13. The number of sulfone groups is 1. The summed E-state index contributed by atoms with van der Waals surface area (Å²) in [5.41, 5.74) is 4.09. The van der Waals surface area contributed by atoms with E-state index in [2.05, 4.69) is 5.43 Å². The fraction of sp³-hybridized carbons (Fsp3) is 0.500. The molecular formula is C14H23N3O3S. The third kappa shape index (κ3) is 6.24. The van der Waals surface area contributed by atoms with Crippen LogP contribution in [0.15, 0.2) is 24.3 Å². The summed E-state index contributed by atoms with van der Waals surface area (Å²) in [5, 5.41) is 0. The fourth-order valence-electron chi connectivity index (χ4n) is 1.90. The summed E-state index contributed by atoms with van der Waals surface area (Å²) < 4.78 is 22.3. The van der Waals surface area contributed by atoms with Gasteiger partial charge in [-0.1, -0.05) is 24.3 Å². The van der Waals surface area contributed by atoms with Crippen LogP contribution < -0.4 is 11.3 Å². The van der Waals surface area contributed by atoms with Crippen LogP contribution >= 0.6 is 0 Å². The monoisotopic (exact) mass is 313 g/mol. The van der Waals surface area contributed by atoms with Gasteiger partial charge >= 0.3 is 0 Å². The van der Waals surface area contributed by atoms with Crippen LogP contribution in [-0.4, -0.2) is 44.8 Å². The maximum absolute atomic E-state index is 11.5. The van der Waals surface area contributed by atoms with Crippen LogP contribution in [0.1, 0.15) is 24.0 Å². The lowest BCUT2D eigenvalue weighted by molar-refractivity contribution is -0.122. The van der Waals surface area contributed by atoms with Crippen LogP contribution in [0.3, 0.4) is 0 Å². The second-order valence-electron chi connectivity index (χ2n) is 5.34. The van der Waals surface area contributed by atoms with Crippen LogP contribution in [-0.2, 0) is 21.2 Å². The van der Waals surface area contributed by atoms with E-state index in [1.54, 1.807) is 6.92 Å². The first-order valence-corrected chi connectivity index (χ1v) is 8.74. The van der Waals surface area contributed by atoms with Gasteiger partial charge in [-0.3, -0.25) is 10.2 Å². The van der Waals surface area contributed by atoms with Crippen molar-refractivity contribution >= 4 is 15.7 Å². The second kappa shape index (κ2) is 7.53. The Morgan fingerprint density at radius 2 is 1.90 bits per heavy atom. The van der Waals surface area contributed by atoms with Gasteiger partial charge in [-0.2, -0.15) is 0 Å². The zero-order valence-electron chi connectivity index (χ0n) is 12.7. The second-order valence-corrected chi connectivity index (χ2v) is 7.60. The predicted octanol–water partition coefficient (Wildman–Crippen LogP) is 0.256. The van der Waals surface area contributed by atoms with Gasteiger partial charge in [0.1, 0.15) is 9.84 Å². The Balaban J connectivity index is 2.60. The summed E-state index contributed by atoms with van der Waals surface area (Å²) in [6.45, 7) is 2.94. The first-order chi connectivity index (χ1) is 9.73. The van der Waals surface area contributed by atoms with Crippen LogP contribution in [0.25, 0.3) is 0 Å². The zero-order valence-corrected chi connectivity index (χ0v) is 13.5. The van der Waals surface area contributed by atoms with E-state index in [4.69, 9.17) is 5.84 Å². The maximum atomic E-state index is 11.5. The molecule has 0 aromatic heterocycles. The molecule has 0 radical (unpaired) electrons. The summed E-state index contributed by atoms with van der Waals surface area (Å²) in [6, 6.07) is 7.65. The lowest BCUT2D eigenvalue weighted by atomic mass is 9.99. The topological polar surface area (TPSA) is 92.5 Å². The summed E-state index contributed by atoms with van der Waals surface area (Å²) in [5.74, 6) is 4.74. The van der Waals surface area contributed by atoms with Crippen molar-refractivity contribution in [1.29, 1.82) is 0 Å². The van der Waals surface area contributed by atoms with Gasteiger partial charge in [0.05, 0.1) is 11.7 Å². The van der Waals surface area contributed by atoms with Crippen molar-refractivity contribution in [2.75, 3.05) is 25.6 Å². The van der Waals surface area contributed by atoms with Gasteiger partial charge in [0, 0.05) is 19.3 Å². The first kappa shape index (κ1) is 17.6. The number of hydrogen-bond donors (Lipinski definition) is 2. The van der Waals surface area contributed by atoms with Crippen molar-refractivity contribution in [2.24, 2.45) is 5.84 Å². The number of amides is 1. The number of nitrogens with one attached hydrogen (secondary N) is 1. The summed E-state index contributed by atoms with van der Waals surface area (Å²) in [7, 11) is -1.06. The van der Waals surface area contributed by atoms with Crippen molar-refractivity contribution in [1.82, 2.24) is 10.3 Å². The lowest BCUT2D eigenvalue weighted by Crippen LogP contribution is -2.33. The number of carbonyl (C=O) groups excluding carboxylic acids is 1. The minimum atomic E-state index is -2.94. The molecule has 1 aromatic carbocycles. The molecule has 0 aliphatic carbocycles. The molecule has 118 valence electrons. The molecule has 1 amide bonds. The molecule has 21 heavy (non-hydrogen) atoms. The number of benzene rings is 1. The molecular weight excluding hydrogens is 290 g/mol. The quantitative estimate of drug-likeness (QED) is 0.428. The van der Waals surface area contributed by atoms with Crippen LogP contribution in [0.5, 0.6) is 0 Å². The van der Waals surface area contributed by atoms with E-state index in [0.29, 0.717) is 13.1 Å². The number of carbonyl (C=O) groups is 1. The molecule has 1 atom stereocenters. The van der Waals surface area contributed by atoms with E-state index in [1.165, 1.54) is 6.26 Å². The first-order valence-electron chi connectivity index (χ1n) is 6.68. The van der Waals surface area contributed by atoms with Crippen LogP contribution in [0.4, 0.5) is 0 Å². The molecule has 0 saturated carbocycles. The molecule has 0 saturated heterocycles. The van der Waals surface area contributed by atoms with Crippen molar-refractivity contribution < 1.29 is 13.2 Å². The third-order valence-electron chi connectivity index (χ3n) is 3.31. The standard InChI is InChI=1S/C14H23N3O3S/c1-11(14(18)16-15)13-6-4-12(5-7-13)10-17(2)8-9-21(3,19)20/h4-7,11H,8-10,15H2,1-3H3,(H,16,18). The molecule has 0 aliphatic rings. The van der Waals surface area contributed by atoms with E-state index in [1.807, 2.05) is 36.2 Å². The van der Waals surface area contributed by atoms with Crippen molar-refractivity contribution in [3.8, 4) is 0 Å². The number of hydrogen-bond acceptors (Lipinski definition) is 5. The summed E-state index contributed by atoms with van der Waals surface area (Å²) in [6.07, 6.45) is 1.24. The van der Waals surface area contributed by atoms with Gasteiger partial charge in [-0.15, -0.1) is 0 Å². The molecule has 0 heterocycles. The van der Waals surface area contributed by atoms with Crippen molar-refractivity contribution in [3.05, 3.63) is 35.4 Å². The van der Waals surface area contributed by atoms with E-state index in [-0.39, 0.29) is 17.6 Å². The van der Waals surface area contributed by atoms with Crippen LogP contribution in [0, 0.1) is 0 Å². The fourth-order valence-corrected chi connectivity index (χ4v) is 2.54. The van der Waals surface area contributed by atoms with Gasteiger partial charge in [-0.05, 0) is 25.1 Å². The molecule has 0 bridgehead atoms. The van der Waals surface area contributed by atoms with Gasteiger partial charge in [-0.25, -0.2) is 14.3 Å². The number of nitrogens with zero attached hydrogens (tertiary/aromatic N) is 1. The lowest BCUT2D eigenvalue weighted by Gasteiger charge is -2.17.